The summed E-state index contributed by atoms with van der Waals surface area (Å²) in [5.41, 5.74) is 0.724. The van der Waals surface area contributed by atoms with E-state index in [9.17, 15) is 12.8 Å². The number of carboxylic acids is 2. The maximum absolute atomic E-state index is 13.3. The van der Waals surface area contributed by atoms with Crippen LogP contribution < -0.4 is 24.7 Å². The molecule has 0 aliphatic rings. The van der Waals surface area contributed by atoms with Gasteiger partial charge in [-0.1, -0.05) is 0 Å². The predicted octanol–water partition coefficient (Wildman–Crippen LogP) is 1.25. The molecule has 0 amide bonds. The lowest BCUT2D eigenvalue weighted by molar-refractivity contribution is -0.159. The largest absolute Gasteiger partial charge is 0.496 e. The molecule has 0 aromatic heterocycles. The van der Waals surface area contributed by atoms with Crippen LogP contribution in [0.3, 0.4) is 0 Å². The molecule has 0 aliphatic heterocycles. The predicted molar refractivity (Wildman–Crippen MR) is 119 cm³/mol. The second-order valence-corrected chi connectivity index (χ2v) is 8.39. The van der Waals surface area contributed by atoms with Crippen LogP contribution >= 0.6 is 0 Å². The topological polar surface area (TPSA) is 174 Å². The van der Waals surface area contributed by atoms with Crippen LogP contribution in [0.5, 0.6) is 17.2 Å². The minimum absolute atomic E-state index is 0.00244. The molecular formula is C21H27FN2O9S. The molecule has 2 rings (SSSR count). The van der Waals surface area contributed by atoms with Gasteiger partial charge in [-0.2, -0.15) is 0 Å². The van der Waals surface area contributed by atoms with Gasteiger partial charge in [-0.05, 0) is 49.2 Å². The van der Waals surface area contributed by atoms with E-state index in [1.54, 1.807) is 6.07 Å². The lowest BCUT2D eigenvalue weighted by atomic mass is 10.1. The Morgan fingerprint density at radius 2 is 1.62 bits per heavy atom. The second kappa shape index (κ2) is 13.3. The number of primary sulfonamides is 1. The number of nitrogens with one attached hydrogen (secondary N) is 1. The minimum atomic E-state index is -3.79. The van der Waals surface area contributed by atoms with E-state index in [1.807, 2.05) is 6.92 Å². The second-order valence-electron chi connectivity index (χ2n) is 6.83. The number of sulfonamides is 1. The van der Waals surface area contributed by atoms with Crippen molar-refractivity contribution in [1.29, 1.82) is 0 Å². The van der Waals surface area contributed by atoms with E-state index in [2.05, 4.69) is 5.32 Å². The number of carbonyl (C=O) groups is 2. The molecule has 11 nitrogen and oxygen atoms in total. The van der Waals surface area contributed by atoms with E-state index >= 15 is 0 Å². The first-order chi connectivity index (χ1) is 15.9. The highest BCUT2D eigenvalue weighted by Crippen LogP contribution is 2.27. The molecule has 1 unspecified atom stereocenters. The lowest BCUT2D eigenvalue weighted by Crippen LogP contribution is -2.32. The molecule has 0 heterocycles. The molecule has 0 radical (unpaired) electrons. The zero-order chi connectivity index (χ0) is 25.9. The Morgan fingerprint density at radius 3 is 2.15 bits per heavy atom. The van der Waals surface area contributed by atoms with Crippen LogP contribution in [-0.2, 0) is 26.0 Å². The molecule has 0 bridgehead atoms. The fourth-order valence-corrected chi connectivity index (χ4v) is 3.29. The van der Waals surface area contributed by atoms with Gasteiger partial charge in [0.1, 0.15) is 18.2 Å². The molecule has 0 aliphatic carbocycles. The summed E-state index contributed by atoms with van der Waals surface area (Å²) in [4.78, 5) is 18.2. The third-order valence-corrected chi connectivity index (χ3v) is 5.18. The van der Waals surface area contributed by atoms with Crippen LogP contribution in [-0.4, -0.2) is 64.0 Å². The van der Waals surface area contributed by atoms with E-state index in [4.69, 9.17) is 39.2 Å². The van der Waals surface area contributed by atoms with E-state index in [0.717, 1.165) is 5.56 Å². The van der Waals surface area contributed by atoms with Crippen molar-refractivity contribution in [2.75, 3.05) is 27.4 Å². The Bertz CT molecular complexity index is 1080. The average molecular weight is 503 g/mol. The Hall–Kier alpha value is -3.42. The summed E-state index contributed by atoms with van der Waals surface area (Å²) in [6, 6.07) is 8.59. The van der Waals surface area contributed by atoms with Gasteiger partial charge in [0.05, 0.1) is 19.1 Å². The number of halogens is 1. The molecule has 2 aromatic carbocycles. The summed E-state index contributed by atoms with van der Waals surface area (Å²) in [7, 11) is -0.775. The normalized spacial score (nSPS) is 11.6. The molecule has 0 fully saturated rings. The Labute approximate surface area is 196 Å². The van der Waals surface area contributed by atoms with Gasteiger partial charge in [0.25, 0.3) is 0 Å². The fourth-order valence-electron chi connectivity index (χ4n) is 2.72. The minimum Gasteiger partial charge on any atom is -0.496 e. The van der Waals surface area contributed by atoms with Crippen molar-refractivity contribution in [3.05, 3.63) is 47.8 Å². The third kappa shape index (κ3) is 9.60. The summed E-state index contributed by atoms with van der Waals surface area (Å²) in [6.45, 7) is 2.75. The van der Waals surface area contributed by atoms with Crippen LogP contribution in [0.4, 0.5) is 4.39 Å². The SMILES string of the molecule is COc1ccc(S(N)(=O)=O)cc1CC(C)NCCOc1cc(F)ccc1OC.O=C(O)C(=O)O. The van der Waals surface area contributed by atoms with Gasteiger partial charge in [-0.25, -0.2) is 27.5 Å². The molecule has 13 heteroatoms. The number of aliphatic carboxylic acids is 2. The fraction of sp³-hybridized carbons (Fsp3) is 0.333. The zero-order valence-electron chi connectivity index (χ0n) is 18.8. The van der Waals surface area contributed by atoms with Crippen molar-refractivity contribution in [2.45, 2.75) is 24.3 Å². The highest BCUT2D eigenvalue weighted by Gasteiger charge is 2.14. The summed E-state index contributed by atoms with van der Waals surface area (Å²) in [6.07, 6.45) is 0.524. The van der Waals surface area contributed by atoms with Gasteiger partial charge >= 0.3 is 11.9 Å². The summed E-state index contributed by atoms with van der Waals surface area (Å²) in [5, 5.41) is 23.2. The third-order valence-electron chi connectivity index (χ3n) is 4.27. The van der Waals surface area contributed by atoms with Crippen LogP contribution in [0.25, 0.3) is 0 Å². The Balaban J connectivity index is 0.000000852. The number of hydrogen-bond acceptors (Lipinski definition) is 8. The maximum Gasteiger partial charge on any atom is 0.414 e. The van der Waals surface area contributed by atoms with Gasteiger partial charge < -0.3 is 29.7 Å². The van der Waals surface area contributed by atoms with E-state index in [-0.39, 0.29) is 10.9 Å². The smallest absolute Gasteiger partial charge is 0.414 e. The number of nitrogens with two attached hydrogens (primary N) is 1. The number of rotatable bonds is 10. The van der Waals surface area contributed by atoms with Gasteiger partial charge in [0.15, 0.2) is 11.5 Å². The number of hydrogen-bond donors (Lipinski definition) is 4. The van der Waals surface area contributed by atoms with Crippen LogP contribution in [0.15, 0.2) is 41.3 Å². The zero-order valence-corrected chi connectivity index (χ0v) is 19.6. The molecule has 2 aromatic rings. The number of benzene rings is 2. The van der Waals surface area contributed by atoms with Gasteiger partial charge in [-0.3, -0.25) is 0 Å². The molecule has 34 heavy (non-hydrogen) atoms. The van der Waals surface area contributed by atoms with Crippen LogP contribution in [0.2, 0.25) is 0 Å². The monoisotopic (exact) mass is 502 g/mol. The van der Waals surface area contributed by atoms with Crippen molar-refractivity contribution >= 4 is 22.0 Å². The molecule has 188 valence electrons. The van der Waals surface area contributed by atoms with Gasteiger partial charge in [0, 0.05) is 18.7 Å². The first-order valence-electron chi connectivity index (χ1n) is 9.74. The molecule has 1 atom stereocenters. The molecule has 5 N–H and O–H groups in total. The summed E-state index contributed by atoms with van der Waals surface area (Å²) in [5.74, 6) is -2.68. The first-order valence-corrected chi connectivity index (χ1v) is 11.3. The molecule has 0 saturated carbocycles. The first kappa shape index (κ1) is 28.6. The number of carboxylic acid groups (broad SMARTS) is 2. The van der Waals surface area contributed by atoms with E-state index in [1.165, 1.54) is 44.6 Å². The number of ether oxygens (including phenoxy) is 3. The maximum atomic E-state index is 13.3. The lowest BCUT2D eigenvalue weighted by Gasteiger charge is -2.17. The Morgan fingerprint density at radius 1 is 1.03 bits per heavy atom. The van der Waals surface area contributed by atoms with Crippen molar-refractivity contribution in [2.24, 2.45) is 5.14 Å². The highest BCUT2D eigenvalue weighted by molar-refractivity contribution is 7.89. The molecule has 0 spiro atoms. The van der Waals surface area contributed by atoms with E-state index in [0.29, 0.717) is 36.8 Å². The van der Waals surface area contributed by atoms with E-state index < -0.39 is 27.8 Å². The van der Waals surface area contributed by atoms with Crippen LogP contribution in [0, 0.1) is 5.82 Å². The molecule has 0 saturated heterocycles. The van der Waals surface area contributed by atoms with Crippen LogP contribution in [0.1, 0.15) is 12.5 Å². The number of methoxy groups -OCH3 is 2. The van der Waals surface area contributed by atoms with Crippen molar-refractivity contribution < 1.29 is 46.8 Å². The van der Waals surface area contributed by atoms with Crippen molar-refractivity contribution in [1.82, 2.24) is 5.32 Å². The van der Waals surface area contributed by atoms with Crippen molar-refractivity contribution in [3.8, 4) is 17.2 Å². The van der Waals surface area contributed by atoms with Gasteiger partial charge in [-0.15, -0.1) is 0 Å². The summed E-state index contributed by atoms with van der Waals surface area (Å²) < 4.78 is 52.5. The average Bonchev–Trinajstić information content (AvgIpc) is 2.76. The van der Waals surface area contributed by atoms with Gasteiger partial charge in [0.2, 0.25) is 10.0 Å². The van der Waals surface area contributed by atoms with Crippen molar-refractivity contribution in [3.63, 3.8) is 0 Å². The molecular weight excluding hydrogens is 475 g/mol. The summed E-state index contributed by atoms with van der Waals surface area (Å²) >= 11 is 0. The standard InChI is InChI=1S/C19H25FN2O5S.C2H2O4/c1-13(10-14-11-16(28(21,23)24)5-7-17(14)25-2)22-8-9-27-19-12-15(20)4-6-18(19)26-3;3-1(4)2(5)6/h4-7,11-13,22H,8-10H2,1-3H3,(H2,21,23,24);(H,3,4)(H,5,6). The highest BCUT2D eigenvalue weighted by atomic mass is 32.2. The Kier molecular flexibility index (Phi) is 11.2. The quantitative estimate of drug-likeness (QED) is 0.273.